The molecule has 300 valence electrons. The molecule has 7 unspecified atom stereocenters. The second kappa shape index (κ2) is 15.3. The van der Waals surface area contributed by atoms with E-state index in [1.54, 1.807) is 41.0 Å². The summed E-state index contributed by atoms with van der Waals surface area (Å²) in [6, 6.07) is 5.14. The number of hydrogen-bond donors (Lipinski definition) is 3. The van der Waals surface area contributed by atoms with Crippen LogP contribution in [0.1, 0.15) is 92.9 Å². The van der Waals surface area contributed by atoms with Gasteiger partial charge in [-0.1, -0.05) is 38.5 Å². The molecule has 55 heavy (non-hydrogen) atoms. The Kier molecular flexibility index (Phi) is 11.2. The van der Waals surface area contributed by atoms with Crippen molar-refractivity contribution in [3.63, 3.8) is 0 Å². The van der Waals surface area contributed by atoms with E-state index in [0.29, 0.717) is 49.1 Å². The third kappa shape index (κ3) is 8.56. The zero-order valence-electron chi connectivity index (χ0n) is 32.8. The van der Waals surface area contributed by atoms with Crippen LogP contribution < -0.4 is 24.8 Å². The number of allylic oxidation sites excluding steroid dienone is 1. The number of benzene rings is 1. The number of sulfonamides is 1. The van der Waals surface area contributed by atoms with Gasteiger partial charge in [0.15, 0.2) is 0 Å². The Labute approximate surface area is 323 Å². The van der Waals surface area contributed by atoms with Crippen LogP contribution in [0, 0.1) is 17.8 Å². The third-order valence-corrected chi connectivity index (χ3v) is 13.7. The number of aromatic nitrogens is 1. The lowest BCUT2D eigenvalue weighted by Gasteiger charge is -2.34. The van der Waals surface area contributed by atoms with E-state index in [4.69, 9.17) is 14.2 Å². The van der Waals surface area contributed by atoms with Gasteiger partial charge in [-0.05, 0) is 96.3 Å². The van der Waals surface area contributed by atoms with Crippen LogP contribution in [0.5, 0.6) is 11.6 Å². The molecule has 3 fully saturated rings. The average Bonchev–Trinajstić information content (AvgIpc) is 4.00. The van der Waals surface area contributed by atoms with Gasteiger partial charge in [-0.3, -0.25) is 19.1 Å². The molecule has 0 spiro atoms. The van der Waals surface area contributed by atoms with Crippen LogP contribution in [0.25, 0.3) is 10.8 Å². The molecule has 0 bridgehead atoms. The van der Waals surface area contributed by atoms with Crippen molar-refractivity contribution in [3.05, 3.63) is 42.6 Å². The van der Waals surface area contributed by atoms with Crippen LogP contribution >= 0.6 is 0 Å². The van der Waals surface area contributed by atoms with E-state index < -0.39 is 73.8 Å². The highest BCUT2D eigenvalue weighted by Crippen LogP contribution is 2.47. The number of fused-ring (bicyclic) bond motifs is 3. The molecular formula is C40H55N5O9S. The number of ether oxygens (including phenoxy) is 3. The topological polar surface area (TPSA) is 182 Å². The Hall–Kier alpha value is -4.40. The summed E-state index contributed by atoms with van der Waals surface area (Å²) in [6.07, 6.45) is 7.75. The molecule has 3 heterocycles. The lowest BCUT2D eigenvalue weighted by Crippen LogP contribution is -2.59. The molecule has 4 amide bonds. The molecule has 7 atom stereocenters. The SMILES string of the molecule is CCC1CC(C)CCC=CC2CC2(C(=O)NS(=O)(=O)C2(C)CC2)NC(=O)C2CC(Oc3nccc4c(OC)cccc34)CN2C(=O)C1NC(=O)OC(C)(C)C. The van der Waals surface area contributed by atoms with Crippen LogP contribution in [0.4, 0.5) is 4.79 Å². The van der Waals surface area contributed by atoms with E-state index in [2.05, 4.69) is 27.3 Å². The standard InChI is InChI=1S/C40H55N5O9S/c1-8-25-20-24(2)12-9-10-13-26-22-40(26,36(48)44-55(50,51)39(6)17-18-39)43-33(46)30-21-27(23-45(30)35(47)32(25)42-37(49)54-38(3,4)5)53-34-29-14-11-15-31(52-7)28(29)16-19-41-34/h10-11,13-16,19,24-27,30,32H,8-9,12,17-18,20-23H2,1-7H3,(H,42,49)(H,43,46)(H,44,48). The number of nitrogens with one attached hydrogen (secondary N) is 3. The number of pyridine rings is 1. The van der Waals surface area contributed by atoms with Crippen LogP contribution in [-0.4, -0.2) is 89.8 Å². The van der Waals surface area contributed by atoms with Gasteiger partial charge < -0.3 is 29.7 Å². The molecular weight excluding hydrogens is 727 g/mol. The monoisotopic (exact) mass is 781 g/mol. The minimum Gasteiger partial charge on any atom is -0.496 e. The summed E-state index contributed by atoms with van der Waals surface area (Å²) in [6.45, 7) is 10.9. The fourth-order valence-electron chi connectivity index (χ4n) is 7.83. The smallest absolute Gasteiger partial charge is 0.408 e. The summed E-state index contributed by atoms with van der Waals surface area (Å²) in [5.41, 5.74) is -2.35. The zero-order valence-corrected chi connectivity index (χ0v) is 33.7. The van der Waals surface area contributed by atoms with E-state index in [1.807, 2.05) is 43.3 Å². The van der Waals surface area contributed by atoms with Crippen LogP contribution in [0.2, 0.25) is 0 Å². The van der Waals surface area contributed by atoms with Crippen molar-refractivity contribution in [2.45, 2.75) is 127 Å². The molecule has 6 rings (SSSR count). The highest BCUT2D eigenvalue weighted by molar-refractivity contribution is 7.91. The highest BCUT2D eigenvalue weighted by atomic mass is 32.2. The average molecular weight is 782 g/mol. The van der Waals surface area contributed by atoms with Gasteiger partial charge in [0.05, 0.1) is 18.4 Å². The van der Waals surface area contributed by atoms with Crippen molar-refractivity contribution in [2.24, 2.45) is 17.8 Å². The normalized spacial score (nSPS) is 29.5. The van der Waals surface area contributed by atoms with Gasteiger partial charge in [0.25, 0.3) is 5.91 Å². The first kappa shape index (κ1) is 40.3. The van der Waals surface area contributed by atoms with Crippen LogP contribution in [-0.2, 0) is 29.1 Å². The second-order valence-corrected chi connectivity index (χ2v) is 19.1. The van der Waals surface area contributed by atoms with Gasteiger partial charge >= 0.3 is 6.09 Å². The third-order valence-electron chi connectivity index (χ3n) is 11.5. The summed E-state index contributed by atoms with van der Waals surface area (Å²) >= 11 is 0. The summed E-state index contributed by atoms with van der Waals surface area (Å²) in [4.78, 5) is 62.6. The lowest BCUT2D eigenvalue weighted by atomic mass is 9.85. The molecule has 2 aromatic rings. The fraction of sp³-hybridized carbons (Fsp3) is 0.625. The Morgan fingerprint density at radius 2 is 1.85 bits per heavy atom. The molecule has 15 heteroatoms. The van der Waals surface area contributed by atoms with Gasteiger partial charge in [-0.15, -0.1) is 0 Å². The number of carbonyl (C=O) groups excluding carboxylic acids is 4. The molecule has 1 saturated heterocycles. The first-order valence-electron chi connectivity index (χ1n) is 19.3. The van der Waals surface area contributed by atoms with Crippen molar-refractivity contribution in [1.82, 2.24) is 25.2 Å². The van der Waals surface area contributed by atoms with E-state index in [0.717, 1.165) is 11.8 Å². The zero-order chi connectivity index (χ0) is 39.9. The van der Waals surface area contributed by atoms with Crippen molar-refractivity contribution in [2.75, 3.05) is 13.7 Å². The van der Waals surface area contributed by atoms with Gasteiger partial charge in [-0.2, -0.15) is 0 Å². The predicted octanol–water partition coefficient (Wildman–Crippen LogP) is 4.76. The molecule has 3 N–H and O–H groups in total. The number of amides is 4. The Bertz CT molecular complexity index is 1960. The number of methoxy groups -OCH3 is 1. The maximum atomic E-state index is 14.9. The number of nitrogens with zero attached hydrogens (tertiary/aromatic N) is 2. The van der Waals surface area contributed by atoms with Crippen molar-refractivity contribution >= 4 is 44.6 Å². The lowest BCUT2D eigenvalue weighted by molar-refractivity contribution is -0.142. The fourth-order valence-corrected chi connectivity index (χ4v) is 9.14. The molecule has 2 saturated carbocycles. The second-order valence-electron chi connectivity index (χ2n) is 16.9. The maximum Gasteiger partial charge on any atom is 0.408 e. The molecule has 2 aliphatic carbocycles. The summed E-state index contributed by atoms with van der Waals surface area (Å²) in [5.74, 6) is -1.56. The number of rotatable bonds is 8. The van der Waals surface area contributed by atoms with Gasteiger partial charge in [-0.25, -0.2) is 18.2 Å². The summed E-state index contributed by atoms with van der Waals surface area (Å²) in [7, 11) is -2.43. The number of alkyl carbamates (subject to hydrolysis) is 1. The minimum absolute atomic E-state index is 0.0211. The Morgan fingerprint density at radius 3 is 2.53 bits per heavy atom. The molecule has 14 nitrogen and oxygen atoms in total. The largest absolute Gasteiger partial charge is 0.496 e. The van der Waals surface area contributed by atoms with E-state index in [9.17, 15) is 27.6 Å². The molecule has 2 aliphatic heterocycles. The first-order chi connectivity index (χ1) is 25.9. The van der Waals surface area contributed by atoms with Crippen LogP contribution in [0.15, 0.2) is 42.6 Å². The van der Waals surface area contributed by atoms with Crippen molar-refractivity contribution in [1.29, 1.82) is 0 Å². The minimum atomic E-state index is -4.00. The predicted molar refractivity (Wildman–Crippen MR) is 206 cm³/mol. The van der Waals surface area contributed by atoms with Crippen molar-refractivity contribution in [3.8, 4) is 11.6 Å². The Morgan fingerprint density at radius 1 is 1.11 bits per heavy atom. The molecule has 4 aliphatic rings. The summed E-state index contributed by atoms with van der Waals surface area (Å²) in [5, 5.41) is 7.23. The molecule has 1 aromatic carbocycles. The van der Waals surface area contributed by atoms with Gasteiger partial charge in [0, 0.05) is 29.3 Å². The van der Waals surface area contributed by atoms with Crippen molar-refractivity contribution < 1.29 is 41.8 Å². The summed E-state index contributed by atoms with van der Waals surface area (Å²) < 4.78 is 45.3. The Balaban J connectivity index is 1.37. The van der Waals surface area contributed by atoms with E-state index in [1.165, 1.54) is 4.90 Å². The number of hydrogen-bond acceptors (Lipinski definition) is 10. The van der Waals surface area contributed by atoms with Crippen LogP contribution in [0.3, 0.4) is 0 Å². The molecule has 1 aromatic heterocycles. The highest BCUT2D eigenvalue weighted by Gasteiger charge is 2.63. The van der Waals surface area contributed by atoms with Gasteiger partial charge in [0.1, 0.15) is 35.1 Å². The molecule has 0 radical (unpaired) electrons. The van der Waals surface area contributed by atoms with E-state index >= 15 is 0 Å². The van der Waals surface area contributed by atoms with Gasteiger partial charge in [0.2, 0.25) is 27.7 Å². The quantitative estimate of drug-likeness (QED) is 0.316. The van der Waals surface area contributed by atoms with E-state index in [-0.39, 0.29) is 31.2 Å². The first-order valence-corrected chi connectivity index (χ1v) is 20.8. The maximum absolute atomic E-state index is 14.9. The number of carbonyl (C=O) groups is 4.